The zero-order valence-corrected chi connectivity index (χ0v) is 39.4. The number of benzene rings is 1. The Bertz CT molecular complexity index is 2520. The second-order valence-corrected chi connectivity index (χ2v) is 22.5. The van der Waals surface area contributed by atoms with E-state index >= 15 is 4.79 Å². The maximum absolute atomic E-state index is 15.2. The van der Waals surface area contributed by atoms with Crippen LogP contribution in [-0.2, 0) is 29.1 Å². The van der Waals surface area contributed by atoms with Crippen molar-refractivity contribution in [2.24, 2.45) is 29.6 Å². The topological polar surface area (TPSA) is 204 Å². The van der Waals surface area contributed by atoms with Crippen LogP contribution in [0.25, 0.3) is 22.0 Å². The van der Waals surface area contributed by atoms with Crippen molar-refractivity contribution in [1.82, 2.24) is 30.2 Å². The standard InChI is InChI=1S/C49H62N6O10S/c1-27(2)63-41-14-11-30(25-50-41)39-22-33-21-35(62-6)12-13-38(33)44(51-39)64-37-23-40-43(56)53-49(46(58)54-66(60,61)48(5)15-16-48)24-34(49)10-8-7-9-28(3)17-29(4)42(45(57)55(40)26-37)52-47(59)65-36-19-31-18-32(31)20-36/h8,10-14,21-22,25,27-29,31-32,34,36-37,40,42H,7,9,15-20,23-24,26H2,1-6H3,(H,52,59)(H,53,56)(H,54,58)/b10-8-/t28-,29+,31-,32+,34+,36?,37+,40-,42-,49+/m0/s1. The van der Waals surface area contributed by atoms with Crippen LogP contribution >= 0.6 is 0 Å². The molecule has 0 bridgehead atoms. The predicted molar refractivity (Wildman–Crippen MR) is 245 cm³/mol. The molecule has 2 aromatic heterocycles. The molecule has 10 atom stereocenters. The molecule has 3 N–H and O–H groups in total. The molecule has 1 saturated heterocycles. The fourth-order valence-electron chi connectivity index (χ4n) is 10.2. The second kappa shape index (κ2) is 17.6. The van der Waals surface area contributed by atoms with Gasteiger partial charge in [0.05, 0.1) is 30.2 Å². The summed E-state index contributed by atoms with van der Waals surface area (Å²) in [7, 11) is -2.45. The number of nitrogens with one attached hydrogen (secondary N) is 3. The van der Waals surface area contributed by atoms with E-state index in [9.17, 15) is 22.8 Å². The van der Waals surface area contributed by atoms with Gasteiger partial charge in [-0.2, -0.15) is 0 Å². The third kappa shape index (κ3) is 9.41. The highest BCUT2D eigenvalue weighted by Crippen LogP contribution is 2.53. The number of allylic oxidation sites excluding steroid dienone is 1. The number of ether oxygens (including phenoxy) is 4. The van der Waals surface area contributed by atoms with E-state index in [1.54, 1.807) is 32.4 Å². The van der Waals surface area contributed by atoms with Gasteiger partial charge in [0.2, 0.25) is 33.6 Å². The molecule has 354 valence electrons. The zero-order valence-electron chi connectivity index (χ0n) is 38.6. The van der Waals surface area contributed by atoms with E-state index in [2.05, 4.69) is 27.3 Å². The van der Waals surface area contributed by atoms with Crippen molar-refractivity contribution in [1.29, 1.82) is 0 Å². The molecule has 4 aliphatic carbocycles. The van der Waals surface area contributed by atoms with Gasteiger partial charge in [-0.15, -0.1) is 0 Å². The van der Waals surface area contributed by atoms with Gasteiger partial charge in [-0.3, -0.25) is 19.1 Å². The predicted octanol–water partition coefficient (Wildman–Crippen LogP) is 6.22. The number of sulfonamides is 1. The average molecular weight is 927 g/mol. The van der Waals surface area contributed by atoms with Crippen LogP contribution in [0.4, 0.5) is 4.79 Å². The number of alkyl carbamates (subject to hydrolysis) is 1. The number of carbonyl (C=O) groups is 4. The highest BCUT2D eigenvalue weighted by Gasteiger charge is 2.63. The van der Waals surface area contributed by atoms with Gasteiger partial charge < -0.3 is 34.5 Å². The first-order chi connectivity index (χ1) is 31.4. The number of rotatable bonds is 11. The number of hydrogen-bond donors (Lipinski definition) is 3. The molecule has 3 aromatic rings. The van der Waals surface area contributed by atoms with Crippen LogP contribution in [0.15, 0.2) is 54.7 Å². The summed E-state index contributed by atoms with van der Waals surface area (Å²) in [5, 5.41) is 7.31. The Morgan fingerprint density at radius 2 is 1.76 bits per heavy atom. The normalized spacial score (nSPS) is 31.8. The van der Waals surface area contributed by atoms with E-state index < -0.39 is 68.2 Å². The van der Waals surface area contributed by atoms with Crippen LogP contribution < -0.4 is 29.6 Å². The third-order valence-corrected chi connectivity index (χ3v) is 16.8. The first-order valence-electron chi connectivity index (χ1n) is 23.6. The Labute approximate surface area is 386 Å². The lowest BCUT2D eigenvalue weighted by Gasteiger charge is -2.33. The number of aromatic nitrogens is 2. The molecular formula is C49H62N6O10S. The Kier molecular flexibility index (Phi) is 12.2. The first kappa shape index (κ1) is 45.7. The van der Waals surface area contributed by atoms with Crippen LogP contribution in [0.5, 0.6) is 17.5 Å². The molecule has 2 aliphatic heterocycles. The quantitative estimate of drug-likeness (QED) is 0.184. The summed E-state index contributed by atoms with van der Waals surface area (Å²) in [5.74, 6) is -0.0862. The SMILES string of the molecule is COc1ccc2c(O[C@@H]3C[C@H]4C(=O)N[C@]5(C(=O)NS(=O)(=O)C6(C)CC6)C[C@H]5/C=C\CC[C@H](C)C[C@@H](C)[C@H](NC(=O)OC5C[C@@H]6C[C@@H]6C5)C(=O)N4C3)nc(-c3ccc(OC(C)C)nc3)cc2c1. The molecule has 0 radical (unpaired) electrons. The van der Waals surface area contributed by atoms with Crippen molar-refractivity contribution in [2.75, 3.05) is 13.7 Å². The van der Waals surface area contributed by atoms with Crippen molar-refractivity contribution >= 4 is 44.6 Å². The fraction of sp³-hybridized carbons (Fsp3) is 0.592. The number of pyridine rings is 2. The second-order valence-electron chi connectivity index (χ2n) is 20.3. The first-order valence-corrected chi connectivity index (χ1v) is 25.0. The van der Waals surface area contributed by atoms with Crippen molar-refractivity contribution < 1.29 is 46.5 Å². The lowest BCUT2D eigenvalue weighted by atomic mass is 9.88. The molecular weight excluding hydrogens is 865 g/mol. The Morgan fingerprint density at radius 3 is 2.45 bits per heavy atom. The third-order valence-electron chi connectivity index (χ3n) is 14.7. The Balaban J connectivity index is 1.05. The average Bonchev–Trinajstić information content (AvgIpc) is 4.23. The van der Waals surface area contributed by atoms with Crippen LogP contribution in [-0.4, -0.2) is 101 Å². The summed E-state index contributed by atoms with van der Waals surface area (Å²) < 4.78 is 52.0. The number of hydrogen-bond acceptors (Lipinski definition) is 12. The molecule has 5 fully saturated rings. The summed E-state index contributed by atoms with van der Waals surface area (Å²) in [5.41, 5.74) is -0.309. The number of methoxy groups -OCH3 is 1. The van der Waals surface area contributed by atoms with Crippen molar-refractivity contribution in [3.63, 3.8) is 0 Å². The van der Waals surface area contributed by atoms with E-state index in [1.165, 1.54) is 4.90 Å². The summed E-state index contributed by atoms with van der Waals surface area (Å²) in [6.07, 6.45) is 9.68. The van der Waals surface area contributed by atoms with Crippen LogP contribution in [0.3, 0.4) is 0 Å². The molecule has 17 heteroatoms. The van der Waals surface area contributed by atoms with Crippen LogP contribution in [0.1, 0.15) is 98.8 Å². The van der Waals surface area contributed by atoms with Crippen LogP contribution in [0, 0.1) is 29.6 Å². The fourth-order valence-corrected chi connectivity index (χ4v) is 11.5. The molecule has 66 heavy (non-hydrogen) atoms. The molecule has 16 nitrogen and oxygen atoms in total. The molecule has 0 spiro atoms. The van der Waals surface area contributed by atoms with Crippen molar-refractivity contribution in [2.45, 2.75) is 140 Å². The smallest absolute Gasteiger partial charge is 0.408 e. The van der Waals surface area contributed by atoms with Gasteiger partial charge in [-0.05, 0) is 138 Å². The van der Waals surface area contributed by atoms with E-state index in [4.69, 9.17) is 23.9 Å². The molecule has 4 amide bonds. The van der Waals surface area contributed by atoms with Gasteiger partial charge in [0.25, 0.3) is 5.91 Å². The largest absolute Gasteiger partial charge is 0.497 e. The van der Waals surface area contributed by atoms with Gasteiger partial charge in [0.15, 0.2) is 0 Å². The summed E-state index contributed by atoms with van der Waals surface area (Å²) in [6, 6.07) is 8.82. The Morgan fingerprint density at radius 1 is 0.985 bits per heavy atom. The van der Waals surface area contributed by atoms with E-state index in [0.29, 0.717) is 65.8 Å². The molecule has 1 unspecified atom stereocenters. The zero-order chi connectivity index (χ0) is 46.7. The van der Waals surface area contributed by atoms with Gasteiger partial charge in [-0.1, -0.05) is 26.0 Å². The minimum atomic E-state index is -4.03. The van der Waals surface area contributed by atoms with Crippen molar-refractivity contribution in [3.8, 4) is 28.8 Å². The number of carbonyl (C=O) groups excluding carboxylic acids is 4. The summed E-state index contributed by atoms with van der Waals surface area (Å²) in [6.45, 7) is 9.42. The molecule has 4 heterocycles. The molecule has 4 saturated carbocycles. The summed E-state index contributed by atoms with van der Waals surface area (Å²) >= 11 is 0. The minimum Gasteiger partial charge on any atom is -0.497 e. The maximum atomic E-state index is 15.2. The van der Waals surface area contributed by atoms with E-state index in [1.807, 2.05) is 57.2 Å². The van der Waals surface area contributed by atoms with E-state index in [0.717, 1.165) is 31.1 Å². The van der Waals surface area contributed by atoms with Gasteiger partial charge in [-0.25, -0.2) is 23.2 Å². The number of nitrogens with zero attached hydrogens (tertiary/aromatic N) is 3. The molecule has 6 aliphatic rings. The molecule has 9 rings (SSSR count). The van der Waals surface area contributed by atoms with E-state index in [-0.39, 0.29) is 49.3 Å². The number of fused-ring (bicyclic) bond motifs is 4. The number of amides is 4. The highest BCUT2D eigenvalue weighted by molar-refractivity contribution is 7.91. The Hall–Kier alpha value is -5.45. The highest BCUT2D eigenvalue weighted by atomic mass is 32.2. The van der Waals surface area contributed by atoms with Crippen LogP contribution in [0.2, 0.25) is 0 Å². The van der Waals surface area contributed by atoms with Gasteiger partial charge >= 0.3 is 6.09 Å². The monoisotopic (exact) mass is 926 g/mol. The maximum Gasteiger partial charge on any atom is 0.408 e. The van der Waals surface area contributed by atoms with Gasteiger partial charge in [0, 0.05) is 35.6 Å². The van der Waals surface area contributed by atoms with Crippen molar-refractivity contribution in [3.05, 3.63) is 54.7 Å². The lowest BCUT2D eigenvalue weighted by Crippen LogP contribution is -2.59. The minimum absolute atomic E-state index is 0.00526. The van der Waals surface area contributed by atoms with Gasteiger partial charge in [0.1, 0.15) is 35.6 Å². The molecule has 1 aromatic carbocycles. The lowest BCUT2D eigenvalue weighted by molar-refractivity contribution is -0.142. The summed E-state index contributed by atoms with van der Waals surface area (Å²) in [4.78, 5) is 68.7.